The minimum absolute atomic E-state index is 0.0372. The highest BCUT2D eigenvalue weighted by molar-refractivity contribution is 7.89. The van der Waals surface area contributed by atoms with Crippen LogP contribution in [-0.2, 0) is 16.6 Å². The highest BCUT2D eigenvalue weighted by Gasteiger charge is 2.21. The molecular formula is C20H15F3N2O3S. The zero-order chi connectivity index (χ0) is 21.0. The normalized spacial score (nSPS) is 11.3. The van der Waals surface area contributed by atoms with E-state index < -0.39 is 38.3 Å². The van der Waals surface area contributed by atoms with E-state index in [1.54, 1.807) is 30.3 Å². The lowest BCUT2D eigenvalue weighted by molar-refractivity contribution is 0.102. The van der Waals surface area contributed by atoms with Crippen molar-refractivity contribution in [3.05, 3.63) is 95.3 Å². The van der Waals surface area contributed by atoms with E-state index in [1.807, 2.05) is 0 Å². The van der Waals surface area contributed by atoms with E-state index >= 15 is 0 Å². The van der Waals surface area contributed by atoms with Crippen LogP contribution in [0.3, 0.4) is 0 Å². The average Bonchev–Trinajstić information content (AvgIpc) is 2.70. The Bertz CT molecular complexity index is 1150. The van der Waals surface area contributed by atoms with Crippen LogP contribution in [0.4, 0.5) is 18.9 Å². The second kappa shape index (κ2) is 8.46. The van der Waals surface area contributed by atoms with Crippen LogP contribution in [0.5, 0.6) is 0 Å². The van der Waals surface area contributed by atoms with Crippen LogP contribution in [-0.4, -0.2) is 14.3 Å². The Kier molecular flexibility index (Phi) is 6.00. The monoisotopic (exact) mass is 420 g/mol. The molecule has 0 atom stereocenters. The standard InChI is InChI=1S/C20H15F3N2O3S/c21-16-9-7-15(11-18(16)23)25-20(26)14-6-8-17(22)19(10-14)29(27,28)24-12-13-4-2-1-3-5-13/h1-11,24H,12H2,(H,25,26). The van der Waals surface area contributed by atoms with Gasteiger partial charge in [0, 0.05) is 23.9 Å². The molecule has 9 heteroatoms. The molecule has 0 aliphatic heterocycles. The predicted octanol–water partition coefficient (Wildman–Crippen LogP) is 3.83. The third-order valence-electron chi connectivity index (χ3n) is 3.97. The molecule has 0 aliphatic rings. The Labute approximate surface area is 165 Å². The number of hydrogen-bond acceptors (Lipinski definition) is 3. The summed E-state index contributed by atoms with van der Waals surface area (Å²) in [6.07, 6.45) is 0. The van der Waals surface area contributed by atoms with Gasteiger partial charge in [0.2, 0.25) is 10.0 Å². The van der Waals surface area contributed by atoms with Gasteiger partial charge in [-0.15, -0.1) is 0 Å². The van der Waals surface area contributed by atoms with Crippen LogP contribution in [0.15, 0.2) is 71.6 Å². The number of carbonyl (C=O) groups excluding carboxylic acids is 1. The van der Waals surface area contributed by atoms with Crippen LogP contribution in [0.1, 0.15) is 15.9 Å². The molecule has 3 aromatic carbocycles. The van der Waals surface area contributed by atoms with Crippen LogP contribution in [0.25, 0.3) is 0 Å². The summed E-state index contributed by atoms with van der Waals surface area (Å²) < 4.78 is 67.6. The van der Waals surface area contributed by atoms with Gasteiger partial charge >= 0.3 is 0 Å². The molecule has 0 aromatic heterocycles. The molecule has 0 heterocycles. The van der Waals surface area contributed by atoms with Crippen LogP contribution in [0, 0.1) is 17.5 Å². The molecule has 150 valence electrons. The molecule has 1 amide bonds. The maximum absolute atomic E-state index is 14.1. The molecular weight excluding hydrogens is 405 g/mol. The fourth-order valence-electron chi connectivity index (χ4n) is 2.48. The lowest BCUT2D eigenvalue weighted by Crippen LogP contribution is -2.25. The fourth-order valence-corrected chi connectivity index (χ4v) is 3.60. The van der Waals surface area contributed by atoms with E-state index in [1.165, 1.54) is 0 Å². The maximum Gasteiger partial charge on any atom is 0.255 e. The van der Waals surface area contributed by atoms with Crippen LogP contribution in [0.2, 0.25) is 0 Å². The predicted molar refractivity (Wildman–Crippen MR) is 101 cm³/mol. The summed E-state index contributed by atoms with van der Waals surface area (Å²) in [4.78, 5) is 11.6. The number of anilines is 1. The van der Waals surface area contributed by atoms with E-state index in [0.29, 0.717) is 5.56 Å². The van der Waals surface area contributed by atoms with Gasteiger partial charge in [-0.05, 0) is 35.9 Å². The van der Waals surface area contributed by atoms with Gasteiger partial charge in [0.15, 0.2) is 11.6 Å². The van der Waals surface area contributed by atoms with Crippen molar-refractivity contribution in [1.82, 2.24) is 4.72 Å². The van der Waals surface area contributed by atoms with Crippen molar-refractivity contribution < 1.29 is 26.4 Å². The lowest BCUT2D eigenvalue weighted by Gasteiger charge is -2.10. The number of amides is 1. The molecule has 3 aromatic rings. The summed E-state index contributed by atoms with van der Waals surface area (Å²) in [5.74, 6) is -4.08. The maximum atomic E-state index is 14.1. The number of sulfonamides is 1. The molecule has 2 N–H and O–H groups in total. The van der Waals surface area contributed by atoms with Crippen molar-refractivity contribution >= 4 is 21.6 Å². The van der Waals surface area contributed by atoms with Crippen LogP contribution >= 0.6 is 0 Å². The Morgan fingerprint density at radius 1 is 0.828 bits per heavy atom. The summed E-state index contributed by atoms with van der Waals surface area (Å²) in [5.41, 5.74) is 0.463. The molecule has 0 saturated heterocycles. The third kappa shape index (κ3) is 5.01. The number of benzene rings is 3. The van der Waals surface area contributed by atoms with E-state index in [4.69, 9.17) is 0 Å². The topological polar surface area (TPSA) is 75.3 Å². The van der Waals surface area contributed by atoms with Gasteiger partial charge in [0.25, 0.3) is 5.91 Å². The molecule has 0 aliphatic carbocycles. The Hall–Kier alpha value is -3.17. The lowest BCUT2D eigenvalue weighted by atomic mass is 10.2. The summed E-state index contributed by atoms with van der Waals surface area (Å²) in [5, 5.41) is 2.30. The van der Waals surface area contributed by atoms with Gasteiger partial charge in [0.1, 0.15) is 10.7 Å². The van der Waals surface area contributed by atoms with Gasteiger partial charge in [-0.3, -0.25) is 4.79 Å². The molecule has 0 fully saturated rings. The van der Waals surface area contributed by atoms with E-state index in [-0.39, 0.29) is 17.8 Å². The Balaban J connectivity index is 1.81. The number of hydrogen-bond donors (Lipinski definition) is 2. The van der Waals surface area contributed by atoms with Crippen molar-refractivity contribution in [1.29, 1.82) is 0 Å². The first-order chi connectivity index (χ1) is 13.8. The highest BCUT2D eigenvalue weighted by Crippen LogP contribution is 2.19. The van der Waals surface area contributed by atoms with E-state index in [2.05, 4.69) is 10.0 Å². The number of halogens is 3. The molecule has 0 spiro atoms. The second-order valence-corrected chi connectivity index (χ2v) is 7.77. The fraction of sp³-hybridized carbons (Fsp3) is 0.0500. The average molecular weight is 420 g/mol. The molecule has 0 unspecified atom stereocenters. The van der Waals surface area contributed by atoms with Crippen molar-refractivity contribution in [2.24, 2.45) is 0 Å². The smallest absolute Gasteiger partial charge is 0.255 e. The van der Waals surface area contributed by atoms with Gasteiger partial charge in [0.05, 0.1) is 0 Å². The third-order valence-corrected chi connectivity index (χ3v) is 5.39. The van der Waals surface area contributed by atoms with Gasteiger partial charge in [-0.25, -0.2) is 26.3 Å². The quantitative estimate of drug-likeness (QED) is 0.636. The van der Waals surface area contributed by atoms with E-state index in [9.17, 15) is 26.4 Å². The Morgan fingerprint density at radius 2 is 1.52 bits per heavy atom. The van der Waals surface area contributed by atoms with Crippen molar-refractivity contribution in [3.63, 3.8) is 0 Å². The van der Waals surface area contributed by atoms with Crippen LogP contribution < -0.4 is 10.0 Å². The Morgan fingerprint density at radius 3 is 2.21 bits per heavy atom. The number of rotatable bonds is 6. The van der Waals surface area contributed by atoms with Crippen molar-refractivity contribution in [3.8, 4) is 0 Å². The zero-order valence-electron chi connectivity index (χ0n) is 14.8. The first-order valence-corrected chi connectivity index (χ1v) is 9.84. The summed E-state index contributed by atoms with van der Waals surface area (Å²) in [6, 6.07) is 14.2. The number of nitrogens with one attached hydrogen (secondary N) is 2. The largest absolute Gasteiger partial charge is 0.322 e. The first kappa shape index (κ1) is 20.6. The van der Waals surface area contributed by atoms with Gasteiger partial charge < -0.3 is 5.32 Å². The van der Waals surface area contributed by atoms with E-state index in [0.717, 1.165) is 36.4 Å². The molecule has 0 saturated carbocycles. The molecule has 29 heavy (non-hydrogen) atoms. The summed E-state index contributed by atoms with van der Waals surface area (Å²) in [7, 11) is -4.24. The van der Waals surface area contributed by atoms with Crippen molar-refractivity contribution in [2.75, 3.05) is 5.32 Å². The minimum Gasteiger partial charge on any atom is -0.322 e. The van der Waals surface area contributed by atoms with Gasteiger partial charge in [-0.1, -0.05) is 30.3 Å². The minimum atomic E-state index is -4.24. The summed E-state index contributed by atoms with van der Waals surface area (Å²) in [6.45, 7) is -0.0616. The second-order valence-electron chi connectivity index (χ2n) is 6.04. The molecule has 0 bridgehead atoms. The number of carbonyl (C=O) groups is 1. The first-order valence-electron chi connectivity index (χ1n) is 8.36. The molecule has 0 radical (unpaired) electrons. The zero-order valence-corrected chi connectivity index (χ0v) is 15.6. The SMILES string of the molecule is O=C(Nc1ccc(F)c(F)c1)c1ccc(F)c(S(=O)(=O)NCc2ccccc2)c1. The van der Waals surface area contributed by atoms with Crippen molar-refractivity contribution in [2.45, 2.75) is 11.4 Å². The molecule has 5 nitrogen and oxygen atoms in total. The summed E-state index contributed by atoms with van der Waals surface area (Å²) >= 11 is 0. The highest BCUT2D eigenvalue weighted by atomic mass is 32.2. The molecule has 3 rings (SSSR count). The van der Waals surface area contributed by atoms with Gasteiger partial charge in [-0.2, -0.15) is 0 Å².